The molecule has 0 aliphatic carbocycles. The number of nitrogens with zero attached hydrogens (tertiary/aromatic N) is 1. The minimum Gasteiger partial charge on any atom is -0.476 e. The molecule has 0 saturated heterocycles. The second kappa shape index (κ2) is 2.39. The summed E-state index contributed by atoms with van der Waals surface area (Å²) in [5.41, 5.74) is 0. The summed E-state index contributed by atoms with van der Waals surface area (Å²) < 4.78 is 9.15. The fourth-order valence-electron chi connectivity index (χ4n) is 0.458. The molecule has 0 unspecified atom stereocenters. The first-order valence-corrected chi connectivity index (χ1v) is 2.58. The molecule has 0 saturated carbocycles. The van der Waals surface area contributed by atoms with Crippen molar-refractivity contribution in [1.29, 1.82) is 0 Å². The summed E-state index contributed by atoms with van der Waals surface area (Å²) in [6.07, 6.45) is 0.574. The molecule has 0 fully saturated rings. The van der Waals surface area contributed by atoms with Crippen LogP contribution in [0.4, 0.5) is 0 Å². The molecular formula is C5H6NO3. The number of hydrogen-bond donors (Lipinski definition) is 0. The van der Waals surface area contributed by atoms with Crippen LogP contribution in [0.25, 0.3) is 0 Å². The van der Waals surface area contributed by atoms with E-state index in [0.717, 1.165) is 0 Å². The lowest BCUT2D eigenvalue weighted by atomic mass is 10.8. The highest BCUT2D eigenvalue weighted by molar-refractivity contribution is 5.04. The van der Waals surface area contributed by atoms with Gasteiger partial charge in [-0.25, -0.2) is 5.11 Å². The van der Waals surface area contributed by atoms with Crippen molar-refractivity contribution in [2.45, 2.75) is 6.92 Å². The minimum absolute atomic E-state index is 0.252. The summed E-state index contributed by atoms with van der Waals surface area (Å²) in [6.45, 7) is 2.30. The summed E-state index contributed by atoms with van der Waals surface area (Å²) >= 11 is 0. The molecule has 1 heterocycles. The predicted octanol–water partition coefficient (Wildman–Crippen LogP) is 1.22. The molecule has 1 aromatic rings. The molecule has 0 N–H and O–H groups in total. The van der Waals surface area contributed by atoms with E-state index in [2.05, 4.69) is 9.40 Å². The first-order chi connectivity index (χ1) is 4.33. The average molecular weight is 128 g/mol. The number of ether oxygens (including phenoxy) is 1. The van der Waals surface area contributed by atoms with Crippen molar-refractivity contribution in [3.63, 3.8) is 0 Å². The van der Waals surface area contributed by atoms with E-state index in [1.165, 1.54) is 6.26 Å². The Balaban J connectivity index is 2.61. The van der Waals surface area contributed by atoms with E-state index in [4.69, 9.17) is 4.74 Å². The predicted molar refractivity (Wildman–Crippen MR) is 27.8 cm³/mol. The van der Waals surface area contributed by atoms with Gasteiger partial charge in [0.25, 0.3) is 5.88 Å². The van der Waals surface area contributed by atoms with Gasteiger partial charge in [0.2, 0.25) is 0 Å². The number of oxazole rings is 1. The molecule has 0 spiro atoms. The van der Waals surface area contributed by atoms with Gasteiger partial charge in [-0.05, 0) is 6.92 Å². The van der Waals surface area contributed by atoms with Gasteiger partial charge in [-0.2, -0.15) is 0 Å². The maximum absolute atomic E-state index is 10.2. The zero-order valence-corrected chi connectivity index (χ0v) is 4.96. The highest BCUT2D eigenvalue weighted by Gasteiger charge is 2.00. The van der Waals surface area contributed by atoms with E-state index in [1.807, 2.05) is 0 Å². The van der Waals surface area contributed by atoms with Crippen LogP contribution >= 0.6 is 0 Å². The van der Waals surface area contributed by atoms with Crippen molar-refractivity contribution in [2.75, 3.05) is 6.61 Å². The standard InChI is InChI=1S/C5H6NO3/c1-2-8-4-3-9-5(7)6-4/h3H,2H2,1H3. The van der Waals surface area contributed by atoms with E-state index >= 15 is 0 Å². The highest BCUT2D eigenvalue weighted by Crippen LogP contribution is 2.14. The van der Waals surface area contributed by atoms with Crippen LogP contribution in [0.1, 0.15) is 6.92 Å². The maximum Gasteiger partial charge on any atom is 0.442 e. The molecule has 0 aliphatic rings. The van der Waals surface area contributed by atoms with Crippen molar-refractivity contribution in [1.82, 2.24) is 4.98 Å². The quantitative estimate of drug-likeness (QED) is 0.601. The molecule has 9 heavy (non-hydrogen) atoms. The zero-order chi connectivity index (χ0) is 6.69. The molecule has 0 aliphatic heterocycles. The van der Waals surface area contributed by atoms with E-state index in [9.17, 15) is 5.11 Å². The van der Waals surface area contributed by atoms with Crippen LogP contribution in [0.3, 0.4) is 0 Å². The van der Waals surface area contributed by atoms with Gasteiger partial charge >= 0.3 is 6.08 Å². The van der Waals surface area contributed by atoms with Crippen molar-refractivity contribution in [3.05, 3.63) is 6.26 Å². The molecule has 1 aromatic heterocycles. The van der Waals surface area contributed by atoms with Gasteiger partial charge in [-0.3, -0.25) is 0 Å². The van der Waals surface area contributed by atoms with Gasteiger partial charge in [0.1, 0.15) is 0 Å². The van der Waals surface area contributed by atoms with Crippen molar-refractivity contribution < 1.29 is 14.3 Å². The summed E-state index contributed by atoms with van der Waals surface area (Å²) in [5, 5.41) is 10.2. The number of aromatic nitrogens is 1. The molecule has 4 nitrogen and oxygen atoms in total. The monoisotopic (exact) mass is 128 g/mol. The third kappa shape index (κ3) is 1.35. The Morgan fingerprint density at radius 1 is 1.89 bits per heavy atom. The van der Waals surface area contributed by atoms with Crippen molar-refractivity contribution in [3.8, 4) is 12.0 Å². The number of rotatable bonds is 2. The Labute approximate surface area is 52.1 Å². The molecule has 0 amide bonds. The second-order valence-electron chi connectivity index (χ2n) is 1.38. The van der Waals surface area contributed by atoms with Crippen LogP contribution in [-0.2, 0) is 5.11 Å². The Hall–Kier alpha value is -1.19. The normalized spacial score (nSPS) is 9.44. The summed E-state index contributed by atoms with van der Waals surface area (Å²) in [6, 6.07) is 0. The lowest BCUT2D eigenvalue weighted by Crippen LogP contribution is -1.89. The fraction of sp³-hybridized carbons (Fsp3) is 0.400. The van der Waals surface area contributed by atoms with Gasteiger partial charge in [0.15, 0.2) is 6.26 Å². The van der Waals surface area contributed by atoms with Gasteiger partial charge in [0.05, 0.1) is 6.61 Å². The Kier molecular flexibility index (Phi) is 1.58. The zero-order valence-electron chi connectivity index (χ0n) is 4.96. The van der Waals surface area contributed by atoms with Crippen molar-refractivity contribution in [2.24, 2.45) is 0 Å². The minimum atomic E-state index is -0.613. The van der Waals surface area contributed by atoms with Crippen molar-refractivity contribution >= 4 is 0 Å². The lowest BCUT2D eigenvalue weighted by Gasteiger charge is -1.90. The van der Waals surface area contributed by atoms with E-state index in [-0.39, 0.29) is 5.88 Å². The molecular weight excluding hydrogens is 122 g/mol. The second-order valence-corrected chi connectivity index (χ2v) is 1.38. The van der Waals surface area contributed by atoms with Crippen LogP contribution in [0.5, 0.6) is 12.0 Å². The van der Waals surface area contributed by atoms with E-state index in [0.29, 0.717) is 6.61 Å². The third-order valence-corrected chi connectivity index (χ3v) is 0.754. The van der Waals surface area contributed by atoms with Gasteiger partial charge < -0.3 is 9.15 Å². The smallest absolute Gasteiger partial charge is 0.442 e. The fourth-order valence-corrected chi connectivity index (χ4v) is 0.458. The molecule has 1 radical (unpaired) electrons. The molecule has 49 valence electrons. The molecule has 1 rings (SSSR count). The van der Waals surface area contributed by atoms with Crippen LogP contribution in [0.15, 0.2) is 10.7 Å². The third-order valence-electron chi connectivity index (χ3n) is 0.754. The van der Waals surface area contributed by atoms with Gasteiger partial charge in [-0.15, -0.1) is 4.98 Å². The summed E-state index contributed by atoms with van der Waals surface area (Å²) in [7, 11) is 0. The molecule has 0 aromatic carbocycles. The Morgan fingerprint density at radius 3 is 3.11 bits per heavy atom. The van der Waals surface area contributed by atoms with E-state index < -0.39 is 6.08 Å². The van der Waals surface area contributed by atoms with Crippen LogP contribution in [-0.4, -0.2) is 11.6 Å². The number of hydrogen-bond acceptors (Lipinski definition) is 3. The maximum atomic E-state index is 10.2. The van der Waals surface area contributed by atoms with E-state index in [1.54, 1.807) is 6.92 Å². The summed E-state index contributed by atoms with van der Waals surface area (Å²) in [4.78, 5) is 3.36. The topological polar surface area (TPSA) is 55.2 Å². The highest BCUT2D eigenvalue weighted by atomic mass is 16.5. The van der Waals surface area contributed by atoms with Gasteiger partial charge in [0, 0.05) is 0 Å². The van der Waals surface area contributed by atoms with Crippen LogP contribution in [0, 0.1) is 0 Å². The summed E-state index contributed by atoms with van der Waals surface area (Å²) in [5.74, 6) is 0.252. The molecule has 0 atom stereocenters. The lowest BCUT2D eigenvalue weighted by molar-refractivity contribution is 0.236. The van der Waals surface area contributed by atoms with Crippen LogP contribution < -0.4 is 4.74 Å². The SMILES string of the molecule is CCOc1coc([O])n1. The molecule has 0 bridgehead atoms. The van der Waals surface area contributed by atoms with Gasteiger partial charge in [-0.1, -0.05) is 0 Å². The van der Waals surface area contributed by atoms with Crippen LogP contribution in [0.2, 0.25) is 0 Å². The first kappa shape index (κ1) is 5.94. The Bertz CT molecular complexity index is 184. The Morgan fingerprint density at radius 2 is 2.67 bits per heavy atom. The molecule has 4 heteroatoms. The largest absolute Gasteiger partial charge is 0.476 e. The average Bonchev–Trinajstić information content (AvgIpc) is 2.17. The first-order valence-electron chi connectivity index (χ1n) is 2.58.